The molecule has 4 heteroatoms. The molecule has 2 aromatic rings. The Labute approximate surface area is 93.3 Å². The molecule has 0 radical (unpaired) electrons. The minimum atomic E-state index is -1.05. The highest BCUT2D eigenvalue weighted by molar-refractivity contribution is 5.79. The van der Waals surface area contributed by atoms with Gasteiger partial charge in [-0.2, -0.15) is 0 Å². The van der Waals surface area contributed by atoms with E-state index in [-0.39, 0.29) is 6.42 Å². The molecule has 0 amide bonds. The Kier molecular flexibility index (Phi) is 2.64. The van der Waals surface area contributed by atoms with Gasteiger partial charge in [-0.05, 0) is 37.5 Å². The smallest absolute Gasteiger partial charge is 0.107 e. The normalized spacial score (nSPS) is 10.9. The summed E-state index contributed by atoms with van der Waals surface area (Å²) in [6, 6.07) is 4.07. The monoisotopic (exact) mass is 217 g/mol. The lowest BCUT2D eigenvalue weighted by atomic mass is 10.1. The summed E-state index contributed by atoms with van der Waals surface area (Å²) in [5.41, 5.74) is 4.15. The van der Waals surface area contributed by atoms with E-state index >= 15 is 0 Å². The first kappa shape index (κ1) is 10.7. The van der Waals surface area contributed by atoms with Crippen molar-refractivity contribution < 1.29 is 9.90 Å². The number of aryl methyl sites for hydroxylation is 3. The van der Waals surface area contributed by atoms with Crippen molar-refractivity contribution in [2.45, 2.75) is 26.7 Å². The molecule has 0 aliphatic rings. The zero-order valence-corrected chi connectivity index (χ0v) is 9.33. The number of nitrogens with zero attached hydrogens (tertiary/aromatic N) is 1. The summed E-state index contributed by atoms with van der Waals surface area (Å²) < 4.78 is 0. The number of aromatic amines is 1. The molecule has 0 saturated heterocycles. The molecule has 1 heterocycles. The second-order valence-corrected chi connectivity index (χ2v) is 4.03. The zero-order chi connectivity index (χ0) is 11.7. The van der Waals surface area contributed by atoms with Crippen LogP contribution in [0.5, 0.6) is 0 Å². The van der Waals surface area contributed by atoms with Gasteiger partial charge in [0, 0.05) is 12.4 Å². The quantitative estimate of drug-likeness (QED) is 0.829. The molecule has 1 N–H and O–H groups in total. The van der Waals surface area contributed by atoms with Crippen LogP contribution >= 0.6 is 0 Å². The lowest BCUT2D eigenvalue weighted by Gasteiger charge is -1.97. The predicted octanol–water partition coefficient (Wildman–Crippen LogP) is 0.862. The van der Waals surface area contributed by atoms with Crippen LogP contribution in [0.3, 0.4) is 0 Å². The second kappa shape index (κ2) is 3.96. The SMILES string of the molecule is Cc1cc(C)c2nc(CCC(=O)[O-])[nH]c2c1. The first-order chi connectivity index (χ1) is 7.56. The van der Waals surface area contributed by atoms with Crippen molar-refractivity contribution in [2.75, 3.05) is 0 Å². The van der Waals surface area contributed by atoms with E-state index < -0.39 is 5.97 Å². The third-order valence-electron chi connectivity index (χ3n) is 2.54. The number of rotatable bonds is 3. The van der Waals surface area contributed by atoms with E-state index in [1.54, 1.807) is 0 Å². The van der Waals surface area contributed by atoms with Crippen molar-refractivity contribution in [3.8, 4) is 0 Å². The number of carbonyl (C=O) groups is 1. The van der Waals surface area contributed by atoms with Crippen LogP contribution in [0.4, 0.5) is 0 Å². The minimum Gasteiger partial charge on any atom is -0.550 e. The number of H-pyrrole nitrogens is 1. The Hall–Kier alpha value is -1.84. The van der Waals surface area contributed by atoms with E-state index in [1.807, 2.05) is 19.9 Å². The number of nitrogens with one attached hydrogen (secondary N) is 1. The van der Waals surface area contributed by atoms with Crippen LogP contribution in [-0.2, 0) is 11.2 Å². The summed E-state index contributed by atoms with van der Waals surface area (Å²) in [5.74, 6) is -0.346. The molecule has 0 fully saturated rings. The maximum Gasteiger partial charge on any atom is 0.107 e. The van der Waals surface area contributed by atoms with Gasteiger partial charge in [0.1, 0.15) is 5.82 Å². The maximum absolute atomic E-state index is 10.4. The van der Waals surface area contributed by atoms with Crippen LogP contribution < -0.4 is 5.11 Å². The summed E-state index contributed by atoms with van der Waals surface area (Å²) in [6.45, 7) is 4.02. The third-order valence-corrected chi connectivity index (χ3v) is 2.54. The summed E-state index contributed by atoms with van der Waals surface area (Å²) in [4.78, 5) is 17.9. The number of carboxylic acids is 1. The molecule has 0 bridgehead atoms. The molecular formula is C12H13N2O2-. The van der Waals surface area contributed by atoms with Gasteiger partial charge in [0.15, 0.2) is 0 Å². The summed E-state index contributed by atoms with van der Waals surface area (Å²) in [6.07, 6.45) is 0.382. The van der Waals surface area contributed by atoms with Gasteiger partial charge in [0.25, 0.3) is 0 Å². The number of aliphatic carboxylic acids is 1. The highest BCUT2D eigenvalue weighted by atomic mass is 16.4. The number of aromatic nitrogens is 2. The number of imidazole rings is 1. The number of carboxylic acid groups (broad SMARTS) is 1. The number of carbonyl (C=O) groups excluding carboxylic acids is 1. The molecule has 0 unspecified atom stereocenters. The summed E-state index contributed by atoms with van der Waals surface area (Å²) >= 11 is 0. The molecule has 2 rings (SSSR count). The topological polar surface area (TPSA) is 68.8 Å². The molecule has 0 spiro atoms. The molecular weight excluding hydrogens is 204 g/mol. The van der Waals surface area contributed by atoms with Gasteiger partial charge in [-0.3, -0.25) is 0 Å². The van der Waals surface area contributed by atoms with Crippen LogP contribution in [0, 0.1) is 13.8 Å². The van der Waals surface area contributed by atoms with Gasteiger partial charge in [-0.15, -0.1) is 0 Å². The number of benzene rings is 1. The largest absolute Gasteiger partial charge is 0.550 e. The van der Waals surface area contributed by atoms with Crippen LogP contribution in [0.25, 0.3) is 11.0 Å². The fraction of sp³-hybridized carbons (Fsp3) is 0.333. The zero-order valence-electron chi connectivity index (χ0n) is 9.33. The van der Waals surface area contributed by atoms with Gasteiger partial charge >= 0.3 is 0 Å². The van der Waals surface area contributed by atoms with Crippen LogP contribution in [0.2, 0.25) is 0 Å². The van der Waals surface area contributed by atoms with E-state index in [1.165, 1.54) is 5.56 Å². The van der Waals surface area contributed by atoms with Gasteiger partial charge in [-0.25, -0.2) is 4.98 Å². The van der Waals surface area contributed by atoms with E-state index in [4.69, 9.17) is 0 Å². The van der Waals surface area contributed by atoms with E-state index in [0.717, 1.165) is 16.6 Å². The number of hydrogen-bond donors (Lipinski definition) is 1. The average molecular weight is 217 g/mol. The lowest BCUT2D eigenvalue weighted by molar-refractivity contribution is -0.305. The van der Waals surface area contributed by atoms with Crippen molar-refractivity contribution in [3.63, 3.8) is 0 Å². The molecule has 4 nitrogen and oxygen atoms in total. The first-order valence-electron chi connectivity index (χ1n) is 5.22. The summed E-state index contributed by atoms with van der Waals surface area (Å²) in [7, 11) is 0. The minimum absolute atomic E-state index is 0.00213. The molecule has 16 heavy (non-hydrogen) atoms. The fourth-order valence-corrected chi connectivity index (χ4v) is 1.86. The molecule has 0 atom stereocenters. The first-order valence-corrected chi connectivity index (χ1v) is 5.22. The van der Waals surface area contributed by atoms with E-state index in [9.17, 15) is 9.90 Å². The van der Waals surface area contributed by atoms with Crippen LogP contribution in [0.1, 0.15) is 23.4 Å². The second-order valence-electron chi connectivity index (χ2n) is 4.03. The highest BCUT2D eigenvalue weighted by Gasteiger charge is 2.05. The standard InChI is InChI=1S/C12H14N2O2/c1-7-5-8(2)12-9(6-7)13-10(14-12)3-4-11(15)16/h5-6H,3-4H2,1-2H3,(H,13,14)(H,15,16)/p-1. The van der Waals surface area contributed by atoms with E-state index in [0.29, 0.717) is 12.2 Å². The molecule has 0 aliphatic heterocycles. The van der Waals surface area contributed by atoms with Gasteiger partial charge < -0.3 is 14.9 Å². The van der Waals surface area contributed by atoms with Gasteiger partial charge in [0.2, 0.25) is 0 Å². The Bertz CT molecular complexity index is 543. The van der Waals surface area contributed by atoms with E-state index in [2.05, 4.69) is 16.0 Å². The van der Waals surface area contributed by atoms with Crippen molar-refractivity contribution >= 4 is 17.0 Å². The van der Waals surface area contributed by atoms with Gasteiger partial charge in [0.05, 0.1) is 11.0 Å². The van der Waals surface area contributed by atoms with Crippen molar-refractivity contribution in [1.82, 2.24) is 9.97 Å². The number of fused-ring (bicyclic) bond motifs is 1. The third kappa shape index (κ3) is 2.05. The fourth-order valence-electron chi connectivity index (χ4n) is 1.86. The molecule has 0 aliphatic carbocycles. The number of hydrogen-bond acceptors (Lipinski definition) is 3. The van der Waals surface area contributed by atoms with Crippen LogP contribution in [-0.4, -0.2) is 15.9 Å². The average Bonchev–Trinajstić information content (AvgIpc) is 2.57. The maximum atomic E-state index is 10.4. The molecule has 0 saturated carbocycles. The van der Waals surface area contributed by atoms with Gasteiger partial charge in [-0.1, -0.05) is 6.07 Å². The summed E-state index contributed by atoms with van der Waals surface area (Å²) in [5, 5.41) is 10.4. The molecule has 1 aromatic carbocycles. The Morgan fingerprint density at radius 3 is 2.88 bits per heavy atom. The van der Waals surface area contributed by atoms with Crippen LogP contribution in [0.15, 0.2) is 12.1 Å². The van der Waals surface area contributed by atoms with Crippen molar-refractivity contribution in [2.24, 2.45) is 0 Å². The predicted molar refractivity (Wildman–Crippen MR) is 58.9 cm³/mol. The Morgan fingerprint density at radius 2 is 2.19 bits per heavy atom. The van der Waals surface area contributed by atoms with Crippen molar-refractivity contribution in [1.29, 1.82) is 0 Å². The molecule has 1 aromatic heterocycles. The Balaban J connectivity index is 2.36. The lowest BCUT2D eigenvalue weighted by Crippen LogP contribution is -2.22. The van der Waals surface area contributed by atoms with Crippen molar-refractivity contribution in [3.05, 3.63) is 29.1 Å². The molecule has 84 valence electrons. The Morgan fingerprint density at radius 1 is 1.44 bits per heavy atom. The highest BCUT2D eigenvalue weighted by Crippen LogP contribution is 2.18.